The first-order chi connectivity index (χ1) is 10.1. The van der Waals surface area contributed by atoms with Crippen molar-refractivity contribution < 1.29 is 14.3 Å². The molecule has 0 radical (unpaired) electrons. The number of benzene rings is 1. The van der Waals surface area contributed by atoms with Gasteiger partial charge >= 0.3 is 0 Å². The van der Waals surface area contributed by atoms with Crippen molar-refractivity contribution in [2.75, 3.05) is 18.5 Å². The lowest BCUT2D eigenvalue weighted by atomic mass is 10.2. The Morgan fingerprint density at radius 2 is 2.00 bits per heavy atom. The summed E-state index contributed by atoms with van der Waals surface area (Å²) in [6.45, 7) is 4.88. The standard InChI is InChI=1S/C15H17BrN2O3/c1-3-20-11-5-6-14(21-4-2)12(8-11)18-15(19)13-7-10(16)9-17-13/h5-9,17H,3-4H2,1-2H3,(H,18,19). The largest absolute Gasteiger partial charge is 0.494 e. The summed E-state index contributed by atoms with van der Waals surface area (Å²) < 4.78 is 11.8. The normalized spacial score (nSPS) is 10.2. The molecule has 0 unspecified atom stereocenters. The summed E-state index contributed by atoms with van der Waals surface area (Å²) in [7, 11) is 0. The highest BCUT2D eigenvalue weighted by molar-refractivity contribution is 9.10. The number of nitrogens with one attached hydrogen (secondary N) is 2. The first-order valence-electron chi connectivity index (χ1n) is 6.69. The van der Waals surface area contributed by atoms with Crippen LogP contribution in [0.15, 0.2) is 34.9 Å². The Bertz CT molecular complexity index is 625. The minimum absolute atomic E-state index is 0.240. The number of ether oxygens (including phenoxy) is 2. The lowest BCUT2D eigenvalue weighted by Crippen LogP contribution is -2.13. The molecule has 0 aliphatic carbocycles. The molecule has 2 aromatic rings. The molecule has 0 aliphatic heterocycles. The van der Waals surface area contributed by atoms with Gasteiger partial charge in [0, 0.05) is 16.7 Å². The first-order valence-corrected chi connectivity index (χ1v) is 7.48. The Hall–Kier alpha value is -1.95. The van der Waals surface area contributed by atoms with Crippen LogP contribution < -0.4 is 14.8 Å². The number of rotatable bonds is 6. The Balaban J connectivity index is 2.23. The molecule has 2 N–H and O–H groups in total. The maximum absolute atomic E-state index is 12.2. The second-order valence-electron chi connectivity index (χ2n) is 4.21. The average Bonchev–Trinajstić information content (AvgIpc) is 2.89. The van der Waals surface area contributed by atoms with E-state index in [0.29, 0.717) is 36.1 Å². The van der Waals surface area contributed by atoms with Gasteiger partial charge in [-0.1, -0.05) is 0 Å². The molecule has 5 nitrogen and oxygen atoms in total. The first kappa shape index (κ1) is 15.4. The van der Waals surface area contributed by atoms with Crippen molar-refractivity contribution in [3.05, 3.63) is 40.6 Å². The molecule has 0 atom stereocenters. The summed E-state index contributed by atoms with van der Waals surface area (Å²) in [5, 5.41) is 2.83. The third-order valence-corrected chi connectivity index (χ3v) is 3.16. The van der Waals surface area contributed by atoms with Crippen molar-refractivity contribution in [1.82, 2.24) is 4.98 Å². The van der Waals surface area contributed by atoms with E-state index in [1.54, 1.807) is 24.4 Å². The summed E-state index contributed by atoms with van der Waals surface area (Å²) >= 11 is 3.30. The van der Waals surface area contributed by atoms with Crippen molar-refractivity contribution in [2.24, 2.45) is 0 Å². The fraction of sp³-hybridized carbons (Fsp3) is 0.267. The van der Waals surface area contributed by atoms with E-state index in [4.69, 9.17) is 9.47 Å². The summed E-state index contributed by atoms with van der Waals surface area (Å²) in [6.07, 6.45) is 1.70. The van der Waals surface area contributed by atoms with Gasteiger partial charge in [-0.3, -0.25) is 4.79 Å². The molecule has 0 bridgehead atoms. The molecule has 1 amide bonds. The van der Waals surface area contributed by atoms with E-state index in [-0.39, 0.29) is 5.91 Å². The molecule has 21 heavy (non-hydrogen) atoms. The Kier molecular flexibility index (Phi) is 5.27. The number of aromatic amines is 1. The molecule has 0 spiro atoms. The highest BCUT2D eigenvalue weighted by atomic mass is 79.9. The smallest absolute Gasteiger partial charge is 0.272 e. The molecule has 2 rings (SSSR count). The van der Waals surface area contributed by atoms with Crippen molar-refractivity contribution in [3.63, 3.8) is 0 Å². The quantitative estimate of drug-likeness (QED) is 0.830. The van der Waals surface area contributed by atoms with E-state index in [2.05, 4.69) is 26.2 Å². The van der Waals surface area contributed by atoms with Crippen LogP contribution in [0, 0.1) is 0 Å². The second kappa shape index (κ2) is 7.17. The monoisotopic (exact) mass is 352 g/mol. The summed E-state index contributed by atoms with van der Waals surface area (Å²) in [5.41, 5.74) is 1.05. The van der Waals surface area contributed by atoms with Crippen molar-refractivity contribution in [1.29, 1.82) is 0 Å². The SMILES string of the molecule is CCOc1ccc(OCC)c(NC(=O)c2cc(Br)c[nH]2)c1. The van der Waals surface area contributed by atoms with Crippen LogP contribution in [0.3, 0.4) is 0 Å². The van der Waals surface area contributed by atoms with Crippen LogP contribution in [-0.4, -0.2) is 24.1 Å². The second-order valence-corrected chi connectivity index (χ2v) is 5.13. The van der Waals surface area contributed by atoms with E-state index in [0.717, 1.165) is 4.47 Å². The fourth-order valence-corrected chi connectivity index (χ4v) is 2.18. The summed E-state index contributed by atoms with van der Waals surface area (Å²) in [4.78, 5) is 15.1. The molecule has 6 heteroatoms. The molecule has 0 aliphatic rings. The zero-order chi connectivity index (χ0) is 15.2. The average molecular weight is 353 g/mol. The van der Waals surface area contributed by atoms with Gasteiger partial charge in [-0.2, -0.15) is 0 Å². The lowest BCUT2D eigenvalue weighted by molar-refractivity contribution is 0.102. The van der Waals surface area contributed by atoms with E-state index in [1.165, 1.54) is 0 Å². The molecule has 112 valence electrons. The number of H-pyrrole nitrogens is 1. The van der Waals surface area contributed by atoms with Gasteiger partial charge in [-0.15, -0.1) is 0 Å². The predicted octanol–water partition coefficient (Wildman–Crippen LogP) is 3.83. The van der Waals surface area contributed by atoms with Crippen LogP contribution in [0.1, 0.15) is 24.3 Å². The molecule has 0 fully saturated rings. The number of carbonyl (C=O) groups excluding carboxylic acids is 1. The van der Waals surface area contributed by atoms with Crippen LogP contribution in [0.5, 0.6) is 11.5 Å². The van der Waals surface area contributed by atoms with Crippen LogP contribution in [0.4, 0.5) is 5.69 Å². The topological polar surface area (TPSA) is 63.4 Å². The van der Waals surface area contributed by atoms with Gasteiger partial charge in [-0.25, -0.2) is 0 Å². The Morgan fingerprint density at radius 1 is 1.24 bits per heavy atom. The van der Waals surface area contributed by atoms with Crippen LogP contribution in [0.2, 0.25) is 0 Å². The number of hydrogen-bond acceptors (Lipinski definition) is 3. The van der Waals surface area contributed by atoms with E-state index >= 15 is 0 Å². The molecule has 1 aromatic heterocycles. The number of anilines is 1. The van der Waals surface area contributed by atoms with Crippen LogP contribution >= 0.6 is 15.9 Å². The van der Waals surface area contributed by atoms with E-state index in [9.17, 15) is 4.79 Å². The third kappa shape index (κ3) is 4.01. The molecule has 0 saturated heterocycles. The zero-order valence-electron chi connectivity index (χ0n) is 11.9. The van der Waals surface area contributed by atoms with Crippen molar-refractivity contribution in [3.8, 4) is 11.5 Å². The van der Waals surface area contributed by atoms with E-state index in [1.807, 2.05) is 19.9 Å². The summed E-state index contributed by atoms with van der Waals surface area (Å²) in [5.74, 6) is 1.05. The maximum Gasteiger partial charge on any atom is 0.272 e. The predicted molar refractivity (Wildman–Crippen MR) is 85.2 cm³/mol. The van der Waals surface area contributed by atoms with Gasteiger partial charge in [-0.05, 0) is 48.0 Å². The number of carbonyl (C=O) groups is 1. The zero-order valence-corrected chi connectivity index (χ0v) is 13.5. The van der Waals surface area contributed by atoms with Gasteiger partial charge in [0.1, 0.15) is 17.2 Å². The highest BCUT2D eigenvalue weighted by Gasteiger charge is 2.12. The third-order valence-electron chi connectivity index (χ3n) is 2.70. The molecule has 1 aromatic carbocycles. The Morgan fingerprint density at radius 3 is 2.62 bits per heavy atom. The highest BCUT2D eigenvalue weighted by Crippen LogP contribution is 2.30. The number of hydrogen-bond donors (Lipinski definition) is 2. The van der Waals surface area contributed by atoms with Gasteiger partial charge in [0.25, 0.3) is 5.91 Å². The van der Waals surface area contributed by atoms with Crippen LogP contribution in [-0.2, 0) is 0 Å². The van der Waals surface area contributed by atoms with Crippen molar-refractivity contribution >= 4 is 27.5 Å². The molecule has 0 saturated carbocycles. The van der Waals surface area contributed by atoms with Gasteiger partial charge < -0.3 is 19.8 Å². The Labute approximate surface area is 131 Å². The minimum Gasteiger partial charge on any atom is -0.494 e. The van der Waals surface area contributed by atoms with Gasteiger partial charge in [0.15, 0.2) is 0 Å². The summed E-state index contributed by atoms with van der Waals surface area (Å²) in [6, 6.07) is 7.07. The lowest BCUT2D eigenvalue weighted by Gasteiger charge is -2.13. The molecule has 1 heterocycles. The van der Waals surface area contributed by atoms with Crippen LogP contribution in [0.25, 0.3) is 0 Å². The number of halogens is 1. The van der Waals surface area contributed by atoms with Gasteiger partial charge in [0.05, 0.1) is 18.9 Å². The number of aromatic nitrogens is 1. The maximum atomic E-state index is 12.2. The fourth-order valence-electron chi connectivity index (χ4n) is 1.83. The molecular formula is C15H17BrN2O3. The molecular weight excluding hydrogens is 336 g/mol. The van der Waals surface area contributed by atoms with Gasteiger partial charge in [0.2, 0.25) is 0 Å². The number of amides is 1. The van der Waals surface area contributed by atoms with Crippen molar-refractivity contribution in [2.45, 2.75) is 13.8 Å². The van der Waals surface area contributed by atoms with E-state index < -0.39 is 0 Å². The minimum atomic E-state index is -0.240.